The fourth-order valence-electron chi connectivity index (χ4n) is 2.91. The van der Waals surface area contributed by atoms with Gasteiger partial charge in [-0.3, -0.25) is 4.79 Å². The van der Waals surface area contributed by atoms with Crippen molar-refractivity contribution in [1.29, 1.82) is 0 Å². The van der Waals surface area contributed by atoms with Crippen LogP contribution in [0.15, 0.2) is 59.9 Å². The first kappa shape index (κ1) is 15.9. The van der Waals surface area contributed by atoms with E-state index in [1.54, 1.807) is 49.5 Å². The van der Waals surface area contributed by atoms with Crippen molar-refractivity contribution in [2.75, 3.05) is 10.6 Å². The van der Waals surface area contributed by atoms with Crippen molar-refractivity contribution in [3.05, 3.63) is 71.3 Å². The molecule has 0 bridgehead atoms. The van der Waals surface area contributed by atoms with Crippen LogP contribution in [0.1, 0.15) is 18.5 Å². The van der Waals surface area contributed by atoms with Gasteiger partial charge in [-0.05, 0) is 35.5 Å². The second kappa shape index (κ2) is 6.36. The molecule has 1 aliphatic heterocycles. The Morgan fingerprint density at radius 3 is 2.81 bits per heavy atom. The topological polar surface area (TPSA) is 97.6 Å². The number of anilines is 2. The van der Waals surface area contributed by atoms with Gasteiger partial charge in [-0.1, -0.05) is 29.4 Å². The van der Waals surface area contributed by atoms with E-state index < -0.39 is 17.8 Å². The fraction of sp³-hybridized carbons (Fsp3) is 0.118. The zero-order valence-electron chi connectivity index (χ0n) is 13.7. The number of carbonyl (C=O) groups is 1. The molecule has 0 aliphatic carbocycles. The quantitative estimate of drug-likeness (QED) is 0.750. The van der Waals surface area contributed by atoms with Gasteiger partial charge in [0, 0.05) is 17.5 Å². The van der Waals surface area contributed by atoms with Crippen LogP contribution in [0.2, 0.25) is 0 Å². The highest BCUT2D eigenvalue weighted by atomic mass is 19.1. The molecule has 9 heteroatoms. The number of aromatic nitrogens is 5. The van der Waals surface area contributed by atoms with Crippen LogP contribution in [0.5, 0.6) is 0 Å². The monoisotopic (exact) mass is 351 g/mol. The summed E-state index contributed by atoms with van der Waals surface area (Å²) >= 11 is 0. The Morgan fingerprint density at radius 2 is 2.04 bits per heavy atom. The third-order valence-electron chi connectivity index (χ3n) is 4.07. The van der Waals surface area contributed by atoms with Gasteiger partial charge in [0.15, 0.2) is 0 Å². The molecule has 2 aromatic heterocycles. The number of nitrogens with one attached hydrogen (secondary N) is 2. The number of pyridine rings is 1. The average molecular weight is 351 g/mol. The first-order chi connectivity index (χ1) is 12.6. The second-order valence-electron chi connectivity index (χ2n) is 5.70. The van der Waals surface area contributed by atoms with Crippen LogP contribution in [0.25, 0.3) is 0 Å². The van der Waals surface area contributed by atoms with Gasteiger partial charge in [-0.25, -0.2) is 9.37 Å². The molecule has 1 atom stereocenters. The molecule has 0 saturated carbocycles. The maximum absolute atomic E-state index is 14.5. The largest absolute Gasteiger partial charge is 0.326 e. The molecule has 0 spiro atoms. The van der Waals surface area contributed by atoms with E-state index >= 15 is 0 Å². The molecule has 130 valence electrons. The standard InChI is InChI=1S/C17H14FN7O/c1-10-14(16(26)21-13-8-4-5-9-19-13)15(11-6-2-3-7-12(11)18)25-17(20-10)22-23-24-25/h2-9,15H,1H3,(H,19,21,26)(H,20,22,24). The summed E-state index contributed by atoms with van der Waals surface area (Å²) in [4.78, 5) is 17.0. The molecule has 0 saturated heterocycles. The van der Waals surface area contributed by atoms with E-state index in [1.165, 1.54) is 10.7 Å². The number of amides is 1. The number of hydrogen-bond acceptors (Lipinski definition) is 6. The molecule has 2 N–H and O–H groups in total. The van der Waals surface area contributed by atoms with Gasteiger partial charge < -0.3 is 10.6 Å². The molecule has 1 unspecified atom stereocenters. The summed E-state index contributed by atoms with van der Waals surface area (Å²) in [7, 11) is 0. The van der Waals surface area contributed by atoms with Crippen molar-refractivity contribution in [2.24, 2.45) is 0 Å². The lowest BCUT2D eigenvalue weighted by atomic mass is 9.94. The van der Waals surface area contributed by atoms with Gasteiger partial charge in [0.2, 0.25) is 5.95 Å². The molecule has 1 aliphatic rings. The third kappa shape index (κ3) is 2.69. The van der Waals surface area contributed by atoms with E-state index in [0.717, 1.165) is 0 Å². The molecule has 26 heavy (non-hydrogen) atoms. The molecule has 0 fully saturated rings. The van der Waals surface area contributed by atoms with E-state index in [-0.39, 0.29) is 0 Å². The Morgan fingerprint density at radius 1 is 1.23 bits per heavy atom. The van der Waals surface area contributed by atoms with Crippen LogP contribution >= 0.6 is 0 Å². The molecule has 8 nitrogen and oxygen atoms in total. The highest BCUT2D eigenvalue weighted by molar-refractivity contribution is 6.05. The summed E-state index contributed by atoms with van der Waals surface area (Å²) in [5.74, 6) is -0.127. The molecule has 1 amide bonds. The number of allylic oxidation sites excluding steroid dienone is 1. The molecule has 0 radical (unpaired) electrons. The molecule has 4 rings (SSSR count). The van der Waals surface area contributed by atoms with Crippen LogP contribution in [0, 0.1) is 5.82 Å². The van der Waals surface area contributed by atoms with Crippen molar-refractivity contribution in [2.45, 2.75) is 13.0 Å². The van der Waals surface area contributed by atoms with E-state index in [2.05, 4.69) is 31.1 Å². The number of nitrogens with zero attached hydrogens (tertiary/aromatic N) is 5. The predicted molar refractivity (Wildman–Crippen MR) is 91.5 cm³/mol. The molecule has 3 heterocycles. The Labute approximate surface area is 147 Å². The second-order valence-corrected chi connectivity index (χ2v) is 5.70. The lowest BCUT2D eigenvalue weighted by Gasteiger charge is -2.28. The summed E-state index contributed by atoms with van der Waals surface area (Å²) in [6, 6.07) is 10.6. The van der Waals surface area contributed by atoms with Gasteiger partial charge in [0.25, 0.3) is 5.91 Å². The number of benzene rings is 1. The van der Waals surface area contributed by atoms with Gasteiger partial charge in [0.05, 0.1) is 5.57 Å². The first-order valence-corrected chi connectivity index (χ1v) is 7.87. The number of rotatable bonds is 3. The Hall–Kier alpha value is -3.62. The summed E-state index contributed by atoms with van der Waals surface area (Å²) in [5.41, 5.74) is 1.14. The number of fused-ring (bicyclic) bond motifs is 1. The van der Waals surface area contributed by atoms with Crippen molar-refractivity contribution in [3.63, 3.8) is 0 Å². The maximum Gasteiger partial charge on any atom is 0.257 e. The minimum absolute atomic E-state index is 0.299. The highest BCUT2D eigenvalue weighted by Crippen LogP contribution is 2.35. The van der Waals surface area contributed by atoms with Gasteiger partial charge in [-0.15, -0.1) is 0 Å². The Balaban J connectivity index is 1.80. The van der Waals surface area contributed by atoms with Crippen molar-refractivity contribution < 1.29 is 9.18 Å². The van der Waals surface area contributed by atoms with E-state index in [0.29, 0.717) is 28.6 Å². The number of hydrogen-bond donors (Lipinski definition) is 2. The third-order valence-corrected chi connectivity index (χ3v) is 4.07. The summed E-state index contributed by atoms with van der Waals surface area (Å²) in [6.07, 6.45) is 1.57. The minimum Gasteiger partial charge on any atom is -0.326 e. The number of halogens is 1. The Kier molecular flexibility index (Phi) is 3.88. The molecular formula is C17H14FN7O. The van der Waals surface area contributed by atoms with Gasteiger partial charge in [0.1, 0.15) is 17.7 Å². The van der Waals surface area contributed by atoms with Crippen LogP contribution in [-0.4, -0.2) is 31.1 Å². The van der Waals surface area contributed by atoms with E-state index in [4.69, 9.17) is 0 Å². The lowest BCUT2D eigenvalue weighted by Crippen LogP contribution is -2.32. The summed E-state index contributed by atoms with van der Waals surface area (Å²) < 4.78 is 15.9. The van der Waals surface area contributed by atoms with Gasteiger partial charge >= 0.3 is 0 Å². The van der Waals surface area contributed by atoms with E-state index in [9.17, 15) is 9.18 Å². The van der Waals surface area contributed by atoms with E-state index in [1.807, 2.05) is 0 Å². The van der Waals surface area contributed by atoms with Crippen molar-refractivity contribution >= 4 is 17.7 Å². The SMILES string of the molecule is CC1=C(C(=O)Nc2ccccn2)C(c2ccccc2F)n2nnnc2N1. The minimum atomic E-state index is -0.800. The normalized spacial score (nSPS) is 16.0. The van der Waals surface area contributed by atoms with Crippen LogP contribution < -0.4 is 10.6 Å². The van der Waals surface area contributed by atoms with Crippen molar-refractivity contribution in [1.82, 2.24) is 25.2 Å². The fourth-order valence-corrected chi connectivity index (χ4v) is 2.91. The molecule has 1 aromatic carbocycles. The zero-order chi connectivity index (χ0) is 18.1. The smallest absolute Gasteiger partial charge is 0.257 e. The van der Waals surface area contributed by atoms with Crippen molar-refractivity contribution in [3.8, 4) is 0 Å². The summed E-state index contributed by atoms with van der Waals surface area (Å²) in [6.45, 7) is 1.72. The maximum atomic E-state index is 14.5. The summed E-state index contributed by atoms with van der Waals surface area (Å²) in [5, 5.41) is 17.1. The predicted octanol–water partition coefficient (Wildman–Crippen LogP) is 2.13. The number of carbonyl (C=O) groups excluding carboxylic acids is 1. The first-order valence-electron chi connectivity index (χ1n) is 7.87. The Bertz CT molecular complexity index is 999. The highest BCUT2D eigenvalue weighted by Gasteiger charge is 2.35. The lowest BCUT2D eigenvalue weighted by molar-refractivity contribution is -0.113. The van der Waals surface area contributed by atoms with Crippen LogP contribution in [-0.2, 0) is 4.79 Å². The van der Waals surface area contributed by atoms with Gasteiger partial charge in [-0.2, -0.15) is 4.68 Å². The molecule has 3 aromatic rings. The average Bonchev–Trinajstić information content (AvgIpc) is 3.10. The van der Waals surface area contributed by atoms with Crippen LogP contribution in [0.4, 0.5) is 16.2 Å². The number of tetrazole rings is 1. The van der Waals surface area contributed by atoms with Crippen LogP contribution in [0.3, 0.4) is 0 Å². The zero-order valence-corrected chi connectivity index (χ0v) is 13.7. The molecular weight excluding hydrogens is 337 g/mol.